The Hall–Kier alpha value is -1.35. The molecule has 3 heteroatoms. The van der Waals surface area contributed by atoms with Crippen molar-refractivity contribution < 1.29 is 0 Å². The Kier molecular flexibility index (Phi) is 2.50. The van der Waals surface area contributed by atoms with Crippen LogP contribution < -0.4 is 5.32 Å². The molecule has 14 heavy (non-hydrogen) atoms. The fourth-order valence-corrected chi connectivity index (χ4v) is 2.12. The summed E-state index contributed by atoms with van der Waals surface area (Å²) < 4.78 is 1.21. The lowest BCUT2D eigenvalue weighted by atomic mass is 10.3. The summed E-state index contributed by atoms with van der Waals surface area (Å²) in [5.41, 5.74) is 0. The summed E-state index contributed by atoms with van der Waals surface area (Å²) in [7, 11) is 0. The lowest BCUT2D eigenvalue weighted by molar-refractivity contribution is 0.990. The molecule has 0 aliphatic rings. The van der Waals surface area contributed by atoms with Gasteiger partial charge < -0.3 is 5.32 Å². The zero-order valence-corrected chi connectivity index (χ0v) is 8.84. The van der Waals surface area contributed by atoms with Crippen LogP contribution in [0.3, 0.4) is 0 Å². The minimum absolute atomic E-state index is 0.246. The van der Waals surface area contributed by atoms with Crippen molar-refractivity contribution in [1.29, 1.82) is 0 Å². The number of nitrogens with zero attached hydrogens (tertiary/aromatic N) is 1. The maximum Gasteiger partial charge on any atom is 0.144 e. The van der Waals surface area contributed by atoms with Gasteiger partial charge in [-0.25, -0.2) is 4.98 Å². The highest BCUT2D eigenvalue weighted by atomic mass is 32.1. The largest absolute Gasteiger partial charge is 0.363 e. The first-order valence-corrected chi connectivity index (χ1v) is 5.40. The Balaban J connectivity index is 2.41. The fourth-order valence-electron chi connectivity index (χ4n) is 1.27. The molecular weight excluding hydrogens is 192 g/mol. The summed E-state index contributed by atoms with van der Waals surface area (Å²) in [5, 5.41) is 6.62. The molecule has 1 unspecified atom stereocenters. The van der Waals surface area contributed by atoms with Gasteiger partial charge in [-0.1, -0.05) is 6.08 Å². The standard InChI is InChI=1S/C11H12N2S/c1-3-8(2)13-11-10-9(4-6-12-11)5-7-14-10/h3-8H,1H2,2H3,(H,12,13). The molecular formula is C11H12N2S. The zero-order chi connectivity index (χ0) is 9.97. The Morgan fingerprint density at radius 2 is 2.43 bits per heavy atom. The number of thiophene rings is 1. The maximum atomic E-state index is 4.32. The van der Waals surface area contributed by atoms with Crippen LogP contribution in [0.1, 0.15) is 6.92 Å². The van der Waals surface area contributed by atoms with Crippen LogP contribution in [-0.2, 0) is 0 Å². The quantitative estimate of drug-likeness (QED) is 0.776. The fraction of sp³-hybridized carbons (Fsp3) is 0.182. The SMILES string of the molecule is C=CC(C)Nc1nccc2ccsc12. The van der Waals surface area contributed by atoms with E-state index in [1.165, 1.54) is 10.1 Å². The second-order valence-electron chi connectivity index (χ2n) is 3.17. The summed E-state index contributed by atoms with van der Waals surface area (Å²) in [6.07, 6.45) is 3.70. The van der Waals surface area contributed by atoms with Gasteiger partial charge >= 0.3 is 0 Å². The predicted molar refractivity (Wildman–Crippen MR) is 62.9 cm³/mol. The Labute approximate surface area is 87.3 Å². The van der Waals surface area contributed by atoms with Crippen LogP contribution >= 0.6 is 11.3 Å². The van der Waals surface area contributed by atoms with Gasteiger partial charge in [0.2, 0.25) is 0 Å². The van der Waals surface area contributed by atoms with Crippen molar-refractivity contribution in [3.8, 4) is 0 Å². The van der Waals surface area contributed by atoms with E-state index >= 15 is 0 Å². The van der Waals surface area contributed by atoms with E-state index in [0.29, 0.717) is 0 Å². The Morgan fingerprint density at radius 3 is 3.21 bits per heavy atom. The number of anilines is 1. The minimum atomic E-state index is 0.246. The lowest BCUT2D eigenvalue weighted by Crippen LogP contribution is -2.12. The van der Waals surface area contributed by atoms with E-state index in [1.807, 2.05) is 18.3 Å². The summed E-state index contributed by atoms with van der Waals surface area (Å²) in [6.45, 7) is 5.79. The smallest absolute Gasteiger partial charge is 0.144 e. The molecule has 0 bridgehead atoms. The van der Waals surface area contributed by atoms with Gasteiger partial charge in [0.05, 0.1) is 4.70 Å². The topological polar surface area (TPSA) is 24.9 Å². The van der Waals surface area contributed by atoms with Crippen molar-refractivity contribution in [1.82, 2.24) is 4.98 Å². The van der Waals surface area contributed by atoms with Gasteiger partial charge in [0.1, 0.15) is 5.82 Å². The van der Waals surface area contributed by atoms with E-state index in [2.05, 4.69) is 35.2 Å². The van der Waals surface area contributed by atoms with Crippen LogP contribution in [0.15, 0.2) is 36.4 Å². The highest BCUT2D eigenvalue weighted by Crippen LogP contribution is 2.26. The number of hydrogen-bond donors (Lipinski definition) is 1. The van der Waals surface area contributed by atoms with Crippen LogP contribution in [0.5, 0.6) is 0 Å². The second-order valence-corrected chi connectivity index (χ2v) is 4.08. The number of nitrogens with one attached hydrogen (secondary N) is 1. The van der Waals surface area contributed by atoms with Gasteiger partial charge in [0, 0.05) is 12.2 Å². The third-order valence-electron chi connectivity index (χ3n) is 2.09. The van der Waals surface area contributed by atoms with Crippen LogP contribution in [0.4, 0.5) is 5.82 Å². The average Bonchev–Trinajstić information content (AvgIpc) is 2.66. The molecule has 2 heterocycles. The molecule has 2 rings (SSSR count). The Bertz CT molecular complexity index is 447. The lowest BCUT2D eigenvalue weighted by Gasteiger charge is -2.09. The number of rotatable bonds is 3. The third kappa shape index (κ3) is 1.63. The molecule has 0 radical (unpaired) electrons. The first-order chi connectivity index (χ1) is 6.81. The molecule has 2 aromatic heterocycles. The summed E-state index contributed by atoms with van der Waals surface area (Å²) in [4.78, 5) is 4.32. The molecule has 0 aromatic carbocycles. The first-order valence-electron chi connectivity index (χ1n) is 4.52. The summed E-state index contributed by atoms with van der Waals surface area (Å²) in [5.74, 6) is 0.949. The molecule has 0 amide bonds. The average molecular weight is 204 g/mol. The molecule has 0 aliphatic heterocycles. The number of pyridine rings is 1. The molecule has 1 atom stereocenters. The monoisotopic (exact) mass is 204 g/mol. The van der Waals surface area contributed by atoms with Crippen molar-refractivity contribution >= 4 is 27.2 Å². The van der Waals surface area contributed by atoms with Crippen molar-refractivity contribution in [3.63, 3.8) is 0 Å². The molecule has 2 nitrogen and oxygen atoms in total. The second kappa shape index (κ2) is 3.80. The molecule has 0 fully saturated rings. The molecule has 0 saturated heterocycles. The number of hydrogen-bond acceptors (Lipinski definition) is 3. The van der Waals surface area contributed by atoms with Crippen molar-refractivity contribution in [2.45, 2.75) is 13.0 Å². The Morgan fingerprint density at radius 1 is 1.57 bits per heavy atom. The molecule has 72 valence electrons. The molecule has 1 N–H and O–H groups in total. The van der Waals surface area contributed by atoms with Crippen LogP contribution in [0.2, 0.25) is 0 Å². The summed E-state index contributed by atoms with van der Waals surface area (Å²) >= 11 is 1.71. The van der Waals surface area contributed by atoms with Crippen molar-refractivity contribution in [3.05, 3.63) is 36.4 Å². The van der Waals surface area contributed by atoms with Gasteiger partial charge in [-0.05, 0) is 29.8 Å². The molecule has 0 saturated carbocycles. The van der Waals surface area contributed by atoms with Gasteiger partial charge in [-0.2, -0.15) is 0 Å². The number of fused-ring (bicyclic) bond motifs is 1. The van der Waals surface area contributed by atoms with Gasteiger partial charge in [-0.15, -0.1) is 17.9 Å². The normalized spacial score (nSPS) is 12.6. The van der Waals surface area contributed by atoms with Gasteiger partial charge in [0.25, 0.3) is 0 Å². The molecule has 0 aliphatic carbocycles. The van der Waals surface area contributed by atoms with Crippen LogP contribution in [0.25, 0.3) is 10.1 Å². The first kappa shape index (κ1) is 9.21. The van der Waals surface area contributed by atoms with Crippen molar-refractivity contribution in [2.24, 2.45) is 0 Å². The highest BCUT2D eigenvalue weighted by Gasteiger charge is 2.04. The van der Waals surface area contributed by atoms with E-state index in [0.717, 1.165) is 5.82 Å². The zero-order valence-electron chi connectivity index (χ0n) is 8.03. The third-order valence-corrected chi connectivity index (χ3v) is 3.02. The minimum Gasteiger partial charge on any atom is -0.363 e. The van der Waals surface area contributed by atoms with Crippen LogP contribution in [0, 0.1) is 0 Å². The summed E-state index contributed by atoms with van der Waals surface area (Å²) in [6, 6.07) is 4.37. The maximum absolute atomic E-state index is 4.32. The van der Waals surface area contributed by atoms with E-state index < -0.39 is 0 Å². The van der Waals surface area contributed by atoms with E-state index in [1.54, 1.807) is 11.3 Å². The van der Waals surface area contributed by atoms with E-state index in [-0.39, 0.29) is 6.04 Å². The van der Waals surface area contributed by atoms with Crippen LogP contribution in [-0.4, -0.2) is 11.0 Å². The number of aromatic nitrogens is 1. The molecule has 2 aromatic rings. The predicted octanol–water partition coefficient (Wildman–Crippen LogP) is 3.28. The van der Waals surface area contributed by atoms with E-state index in [4.69, 9.17) is 0 Å². The van der Waals surface area contributed by atoms with Crippen molar-refractivity contribution in [2.75, 3.05) is 5.32 Å². The highest BCUT2D eigenvalue weighted by molar-refractivity contribution is 7.17. The van der Waals surface area contributed by atoms with Gasteiger partial charge in [0.15, 0.2) is 0 Å². The molecule has 0 spiro atoms. The van der Waals surface area contributed by atoms with E-state index in [9.17, 15) is 0 Å². The van der Waals surface area contributed by atoms with Gasteiger partial charge in [-0.3, -0.25) is 0 Å².